The van der Waals surface area contributed by atoms with Crippen LogP contribution >= 0.6 is 0 Å². The maximum Gasteiger partial charge on any atom is 0.408 e. The van der Waals surface area contributed by atoms with Crippen LogP contribution in [0.4, 0.5) is 4.79 Å². The first-order chi connectivity index (χ1) is 18.6. The molecule has 0 aliphatic heterocycles. The molecule has 2 aromatic carbocycles. The highest BCUT2D eigenvalue weighted by molar-refractivity contribution is 5.92. The summed E-state index contributed by atoms with van der Waals surface area (Å²) in [4.78, 5) is 42.0. The minimum atomic E-state index is -1.09. The van der Waals surface area contributed by atoms with Gasteiger partial charge in [0, 0.05) is 19.0 Å². The van der Waals surface area contributed by atoms with Gasteiger partial charge in [0.25, 0.3) is 0 Å². The lowest BCUT2D eigenvalue weighted by Crippen LogP contribution is -2.55. The smallest absolute Gasteiger partial charge is 0.408 e. The Morgan fingerprint density at radius 3 is 2.23 bits per heavy atom. The van der Waals surface area contributed by atoms with Crippen LogP contribution in [-0.2, 0) is 20.7 Å². The van der Waals surface area contributed by atoms with Gasteiger partial charge in [-0.15, -0.1) is 0 Å². The van der Waals surface area contributed by atoms with E-state index in [0.717, 1.165) is 32.1 Å². The molecule has 2 atom stereocenters. The number of hydrogen-bond donors (Lipinski definition) is 4. The van der Waals surface area contributed by atoms with E-state index in [2.05, 4.69) is 10.6 Å². The van der Waals surface area contributed by atoms with Gasteiger partial charge in [-0.25, -0.2) is 4.79 Å². The van der Waals surface area contributed by atoms with Crippen molar-refractivity contribution in [2.75, 3.05) is 13.2 Å². The standard InChI is InChI=1S/C30H41N3O6/c1-30(2,3)39-29(38)32-25(20-21-14-16-24(35)17-15-21)28(37)33(18-19-34)26(22-10-6-4-7-11-22)27(36)31-23-12-8-5-9-13-23/h4,6-7,10-11,14-17,23,25-26,34-35H,5,8-9,12-13,18-20H2,1-3H3,(H,31,36)(H,32,38). The molecule has 2 aromatic rings. The Morgan fingerprint density at radius 2 is 1.64 bits per heavy atom. The number of nitrogens with one attached hydrogen (secondary N) is 2. The number of amides is 3. The van der Waals surface area contributed by atoms with Crippen molar-refractivity contribution < 1.29 is 29.3 Å². The number of alkyl carbamates (subject to hydrolysis) is 1. The second-order valence-corrected chi connectivity index (χ2v) is 11.0. The summed E-state index contributed by atoms with van der Waals surface area (Å²) in [6, 6.07) is 13.2. The number of phenolic OH excluding ortho intramolecular Hbond substituents is 1. The number of phenols is 1. The Balaban J connectivity index is 1.95. The Labute approximate surface area is 230 Å². The normalized spacial score (nSPS) is 15.6. The molecule has 9 heteroatoms. The first-order valence-electron chi connectivity index (χ1n) is 13.6. The third-order valence-corrected chi connectivity index (χ3v) is 6.62. The van der Waals surface area contributed by atoms with Gasteiger partial charge < -0.3 is 30.5 Å². The lowest BCUT2D eigenvalue weighted by atomic mass is 9.94. The van der Waals surface area contributed by atoms with Crippen LogP contribution in [0.25, 0.3) is 0 Å². The zero-order valence-corrected chi connectivity index (χ0v) is 23.1. The summed E-state index contributed by atoms with van der Waals surface area (Å²) in [5.74, 6) is -0.779. The number of aromatic hydroxyl groups is 1. The zero-order valence-electron chi connectivity index (χ0n) is 23.1. The highest BCUT2D eigenvalue weighted by Crippen LogP contribution is 2.25. The van der Waals surface area contributed by atoms with Crippen LogP contribution < -0.4 is 10.6 Å². The fraction of sp³-hybridized carbons (Fsp3) is 0.500. The van der Waals surface area contributed by atoms with E-state index in [1.54, 1.807) is 57.2 Å². The summed E-state index contributed by atoms with van der Waals surface area (Å²) in [5, 5.41) is 25.4. The number of aliphatic hydroxyl groups is 1. The quantitative estimate of drug-likeness (QED) is 0.363. The van der Waals surface area contributed by atoms with Crippen molar-refractivity contribution in [1.82, 2.24) is 15.5 Å². The van der Waals surface area contributed by atoms with Gasteiger partial charge in [0.15, 0.2) is 0 Å². The van der Waals surface area contributed by atoms with Crippen molar-refractivity contribution in [2.24, 2.45) is 0 Å². The van der Waals surface area contributed by atoms with E-state index in [0.29, 0.717) is 11.1 Å². The number of carbonyl (C=O) groups excluding carboxylic acids is 3. The summed E-state index contributed by atoms with van der Waals surface area (Å²) < 4.78 is 5.42. The minimum Gasteiger partial charge on any atom is -0.508 e. The molecule has 0 heterocycles. The summed E-state index contributed by atoms with van der Waals surface area (Å²) >= 11 is 0. The van der Waals surface area contributed by atoms with Gasteiger partial charge >= 0.3 is 6.09 Å². The van der Waals surface area contributed by atoms with E-state index < -0.39 is 29.7 Å². The first-order valence-corrected chi connectivity index (χ1v) is 13.6. The number of aliphatic hydroxyl groups excluding tert-OH is 1. The molecule has 0 radical (unpaired) electrons. The SMILES string of the molecule is CC(C)(C)OC(=O)NC(Cc1ccc(O)cc1)C(=O)N(CCO)C(C(=O)NC1CCCCC1)c1ccccc1. The van der Waals surface area contributed by atoms with Crippen molar-refractivity contribution in [3.8, 4) is 5.75 Å². The van der Waals surface area contributed by atoms with Crippen LogP contribution in [0.2, 0.25) is 0 Å². The molecule has 1 aliphatic rings. The Morgan fingerprint density at radius 1 is 1.00 bits per heavy atom. The highest BCUT2D eigenvalue weighted by atomic mass is 16.6. The van der Waals surface area contributed by atoms with Crippen LogP contribution in [0.5, 0.6) is 5.75 Å². The monoisotopic (exact) mass is 539 g/mol. The molecule has 39 heavy (non-hydrogen) atoms. The Bertz CT molecular complexity index is 1080. The number of hydrogen-bond acceptors (Lipinski definition) is 6. The Kier molecular flexibility index (Phi) is 10.7. The van der Waals surface area contributed by atoms with Crippen LogP contribution in [0.3, 0.4) is 0 Å². The summed E-state index contributed by atoms with van der Waals surface area (Å²) in [5.41, 5.74) is 0.510. The molecule has 3 amide bonds. The van der Waals surface area contributed by atoms with Crippen LogP contribution in [0.1, 0.15) is 70.0 Å². The van der Waals surface area contributed by atoms with E-state index >= 15 is 0 Å². The van der Waals surface area contributed by atoms with Crippen LogP contribution in [-0.4, -0.2) is 63.9 Å². The van der Waals surface area contributed by atoms with Crippen LogP contribution in [0, 0.1) is 0 Å². The fourth-order valence-electron chi connectivity index (χ4n) is 4.83. The second-order valence-electron chi connectivity index (χ2n) is 11.0. The van der Waals surface area contributed by atoms with Crippen molar-refractivity contribution >= 4 is 17.9 Å². The van der Waals surface area contributed by atoms with E-state index in [-0.39, 0.29) is 37.3 Å². The molecule has 0 spiro atoms. The fourth-order valence-corrected chi connectivity index (χ4v) is 4.83. The molecule has 0 saturated heterocycles. The molecule has 212 valence electrons. The predicted octanol–water partition coefficient (Wildman–Crippen LogP) is 3.84. The number of benzene rings is 2. The maximum absolute atomic E-state index is 14.1. The van der Waals surface area contributed by atoms with Gasteiger partial charge in [-0.05, 0) is 56.9 Å². The van der Waals surface area contributed by atoms with Gasteiger partial charge in [-0.3, -0.25) is 9.59 Å². The summed E-state index contributed by atoms with van der Waals surface area (Å²) in [6.45, 7) is 4.69. The molecule has 0 bridgehead atoms. The van der Waals surface area contributed by atoms with Gasteiger partial charge in [0.05, 0.1) is 6.61 Å². The molecule has 2 unspecified atom stereocenters. The van der Waals surface area contributed by atoms with Gasteiger partial charge in [-0.2, -0.15) is 0 Å². The molecule has 1 aliphatic carbocycles. The van der Waals surface area contributed by atoms with Crippen molar-refractivity contribution in [3.63, 3.8) is 0 Å². The molecular weight excluding hydrogens is 498 g/mol. The van der Waals surface area contributed by atoms with Crippen molar-refractivity contribution in [3.05, 3.63) is 65.7 Å². The number of rotatable bonds is 10. The average Bonchev–Trinajstić information content (AvgIpc) is 2.89. The third-order valence-electron chi connectivity index (χ3n) is 6.62. The van der Waals surface area contributed by atoms with E-state index in [4.69, 9.17) is 4.74 Å². The van der Waals surface area contributed by atoms with Gasteiger partial charge in [0.2, 0.25) is 11.8 Å². The van der Waals surface area contributed by atoms with E-state index in [1.165, 1.54) is 17.0 Å². The van der Waals surface area contributed by atoms with E-state index in [9.17, 15) is 24.6 Å². The van der Waals surface area contributed by atoms with Crippen LogP contribution in [0.15, 0.2) is 54.6 Å². The summed E-state index contributed by atoms with van der Waals surface area (Å²) in [6.07, 6.45) is 4.29. The molecule has 4 N–H and O–H groups in total. The van der Waals surface area contributed by atoms with Crippen molar-refractivity contribution in [2.45, 2.75) is 83.0 Å². The summed E-state index contributed by atoms with van der Waals surface area (Å²) in [7, 11) is 0. The topological polar surface area (TPSA) is 128 Å². The molecule has 3 rings (SSSR count). The first kappa shape index (κ1) is 30.0. The minimum absolute atomic E-state index is 0.0243. The molecule has 1 saturated carbocycles. The highest BCUT2D eigenvalue weighted by Gasteiger charge is 2.37. The predicted molar refractivity (Wildman–Crippen MR) is 148 cm³/mol. The van der Waals surface area contributed by atoms with Gasteiger partial charge in [-0.1, -0.05) is 61.7 Å². The third kappa shape index (κ3) is 9.28. The molecule has 0 aromatic heterocycles. The van der Waals surface area contributed by atoms with Crippen molar-refractivity contribution in [1.29, 1.82) is 0 Å². The molecular formula is C30H41N3O6. The number of nitrogens with zero attached hydrogens (tertiary/aromatic N) is 1. The van der Waals surface area contributed by atoms with E-state index in [1.807, 2.05) is 6.07 Å². The largest absolute Gasteiger partial charge is 0.508 e. The maximum atomic E-state index is 14.1. The zero-order chi connectivity index (χ0) is 28.4. The number of ether oxygens (including phenoxy) is 1. The molecule has 9 nitrogen and oxygen atoms in total. The average molecular weight is 540 g/mol. The lowest BCUT2D eigenvalue weighted by Gasteiger charge is -2.35. The Hall–Kier alpha value is -3.59. The molecule has 1 fully saturated rings. The second kappa shape index (κ2) is 14.0. The van der Waals surface area contributed by atoms with Gasteiger partial charge in [0.1, 0.15) is 23.4 Å². The number of carbonyl (C=O) groups is 3. The lowest BCUT2D eigenvalue weighted by molar-refractivity contribution is -0.143.